The zero-order valence-electron chi connectivity index (χ0n) is 17.2. The van der Waals surface area contributed by atoms with E-state index in [9.17, 15) is 8.42 Å². The molecule has 0 saturated carbocycles. The number of anilines is 1. The maximum Gasteiger partial charge on any atom is 0.243 e. The molecule has 0 aromatic heterocycles. The van der Waals surface area contributed by atoms with Gasteiger partial charge in [0, 0.05) is 40.3 Å². The fourth-order valence-corrected chi connectivity index (χ4v) is 7.44. The lowest BCUT2D eigenvalue weighted by atomic mass is 9.77. The molecule has 2 aliphatic heterocycles. The summed E-state index contributed by atoms with van der Waals surface area (Å²) < 4.78 is 28.4. The van der Waals surface area contributed by atoms with Gasteiger partial charge in [0.1, 0.15) is 0 Å². The van der Waals surface area contributed by atoms with E-state index >= 15 is 0 Å². The average molecular weight is 477 g/mol. The number of hydrogen-bond donors (Lipinski definition) is 1. The molecule has 0 amide bonds. The third-order valence-electron chi connectivity index (χ3n) is 6.85. The van der Waals surface area contributed by atoms with Crippen molar-refractivity contribution in [3.8, 4) is 0 Å². The molecule has 0 radical (unpaired) electrons. The smallest absolute Gasteiger partial charge is 0.243 e. The van der Waals surface area contributed by atoms with Gasteiger partial charge in [-0.2, -0.15) is 4.31 Å². The number of nitrogens with zero attached hydrogens (tertiary/aromatic N) is 1. The van der Waals surface area contributed by atoms with Crippen LogP contribution in [-0.4, -0.2) is 25.8 Å². The third kappa shape index (κ3) is 3.80. The predicted octanol–water partition coefficient (Wildman–Crippen LogP) is 6.38. The van der Waals surface area contributed by atoms with Gasteiger partial charge in [-0.05, 0) is 61.1 Å². The van der Waals surface area contributed by atoms with E-state index in [0.29, 0.717) is 28.0 Å². The van der Waals surface area contributed by atoms with Crippen LogP contribution in [0.1, 0.15) is 55.2 Å². The normalized spacial score (nSPS) is 26.1. The lowest BCUT2D eigenvalue weighted by molar-refractivity contribution is 0.420. The number of sulfonamides is 1. The Labute approximate surface area is 194 Å². The molecule has 0 bridgehead atoms. The van der Waals surface area contributed by atoms with Gasteiger partial charge in [-0.15, -0.1) is 0 Å². The number of nitrogens with one attached hydrogen (secondary N) is 1. The largest absolute Gasteiger partial charge is 0.378 e. The molecule has 2 aromatic rings. The molecule has 7 heteroatoms. The van der Waals surface area contributed by atoms with E-state index in [1.54, 1.807) is 10.4 Å². The molecule has 31 heavy (non-hydrogen) atoms. The first-order valence-electron chi connectivity index (χ1n) is 11.0. The van der Waals surface area contributed by atoms with Crippen LogP contribution in [0.4, 0.5) is 5.69 Å². The SMILES string of the molecule is O=S(=O)(c1ccc2c(c1)C1C=CCC1C(c1c(Cl)cccc1Cl)N2)N1CCCCCC1. The minimum absolute atomic E-state index is 0.0261. The van der Waals surface area contributed by atoms with Gasteiger partial charge < -0.3 is 5.32 Å². The van der Waals surface area contributed by atoms with Crippen LogP contribution in [0.3, 0.4) is 0 Å². The average Bonchev–Trinajstić information content (AvgIpc) is 3.08. The summed E-state index contributed by atoms with van der Waals surface area (Å²) in [5, 5.41) is 4.92. The molecule has 5 rings (SSSR count). The highest BCUT2D eigenvalue weighted by Gasteiger charge is 2.40. The molecular formula is C24H26Cl2N2O2S. The first-order valence-corrected chi connectivity index (χ1v) is 13.2. The number of allylic oxidation sites excluding steroid dienone is 2. The van der Waals surface area contributed by atoms with Crippen molar-refractivity contribution in [2.24, 2.45) is 5.92 Å². The van der Waals surface area contributed by atoms with Crippen LogP contribution >= 0.6 is 23.2 Å². The van der Waals surface area contributed by atoms with Gasteiger partial charge in [0.05, 0.1) is 10.9 Å². The van der Waals surface area contributed by atoms with E-state index in [-0.39, 0.29) is 17.9 Å². The Hall–Kier alpha value is -1.53. The van der Waals surface area contributed by atoms with Gasteiger partial charge >= 0.3 is 0 Å². The Morgan fingerprint density at radius 2 is 1.68 bits per heavy atom. The second kappa shape index (κ2) is 8.43. The zero-order chi connectivity index (χ0) is 21.6. The number of fused-ring (bicyclic) bond motifs is 3. The molecule has 2 aromatic carbocycles. The standard InChI is InChI=1S/C24H26Cl2N2O2S/c25-20-9-6-10-21(26)23(20)24-18-8-5-7-17(18)19-15-16(11-12-22(19)27-24)31(29,30)28-13-3-1-2-4-14-28/h5-7,9-12,15,17-18,24,27H,1-4,8,13-14H2. The Kier molecular flexibility index (Phi) is 5.80. The highest BCUT2D eigenvalue weighted by atomic mass is 35.5. The summed E-state index contributed by atoms with van der Waals surface area (Å²) in [6, 6.07) is 11.1. The van der Waals surface area contributed by atoms with Crippen molar-refractivity contribution in [2.45, 2.75) is 49.0 Å². The Bertz CT molecular complexity index is 1100. The summed E-state index contributed by atoms with van der Waals surface area (Å²) >= 11 is 13.1. The van der Waals surface area contributed by atoms with Crippen molar-refractivity contribution in [3.05, 3.63) is 69.7 Å². The molecular weight excluding hydrogens is 451 g/mol. The van der Waals surface area contributed by atoms with E-state index < -0.39 is 10.0 Å². The molecule has 164 valence electrons. The molecule has 1 saturated heterocycles. The van der Waals surface area contributed by atoms with Crippen LogP contribution in [0, 0.1) is 5.92 Å². The van der Waals surface area contributed by atoms with Crippen molar-refractivity contribution in [3.63, 3.8) is 0 Å². The molecule has 2 heterocycles. The van der Waals surface area contributed by atoms with E-state index in [1.807, 2.05) is 30.3 Å². The van der Waals surface area contributed by atoms with Crippen LogP contribution < -0.4 is 5.32 Å². The highest BCUT2D eigenvalue weighted by Crippen LogP contribution is 2.52. The second-order valence-corrected chi connectivity index (χ2v) is 11.4. The first-order chi connectivity index (χ1) is 15.0. The summed E-state index contributed by atoms with van der Waals surface area (Å²) in [5.74, 6) is 0.369. The number of halogens is 2. The molecule has 4 nitrogen and oxygen atoms in total. The molecule has 1 fully saturated rings. The third-order valence-corrected chi connectivity index (χ3v) is 9.40. The molecule has 1 aliphatic carbocycles. The predicted molar refractivity (Wildman–Crippen MR) is 126 cm³/mol. The topological polar surface area (TPSA) is 49.4 Å². The molecule has 3 unspecified atom stereocenters. The minimum atomic E-state index is -3.49. The Morgan fingerprint density at radius 3 is 2.39 bits per heavy atom. The summed E-state index contributed by atoms with van der Waals surface area (Å²) in [4.78, 5) is 0.392. The summed E-state index contributed by atoms with van der Waals surface area (Å²) in [6.07, 6.45) is 9.33. The maximum atomic E-state index is 13.3. The lowest BCUT2D eigenvalue weighted by Gasteiger charge is -2.38. The summed E-state index contributed by atoms with van der Waals surface area (Å²) in [7, 11) is -3.49. The van der Waals surface area contributed by atoms with E-state index in [4.69, 9.17) is 23.2 Å². The lowest BCUT2D eigenvalue weighted by Crippen LogP contribution is -2.33. The van der Waals surface area contributed by atoms with Crippen LogP contribution in [0.25, 0.3) is 0 Å². The monoisotopic (exact) mass is 476 g/mol. The van der Waals surface area contributed by atoms with Crippen molar-refractivity contribution < 1.29 is 8.42 Å². The fraction of sp³-hybridized carbons (Fsp3) is 0.417. The van der Waals surface area contributed by atoms with Crippen molar-refractivity contribution in [2.75, 3.05) is 18.4 Å². The van der Waals surface area contributed by atoms with Crippen LogP contribution in [0.15, 0.2) is 53.4 Å². The van der Waals surface area contributed by atoms with Crippen molar-refractivity contribution in [1.29, 1.82) is 0 Å². The zero-order valence-corrected chi connectivity index (χ0v) is 19.6. The number of rotatable bonds is 3. The number of benzene rings is 2. The van der Waals surface area contributed by atoms with Crippen molar-refractivity contribution >= 4 is 38.9 Å². The van der Waals surface area contributed by atoms with Crippen molar-refractivity contribution in [1.82, 2.24) is 4.31 Å². The van der Waals surface area contributed by atoms with E-state index in [2.05, 4.69) is 17.5 Å². The van der Waals surface area contributed by atoms with E-state index in [1.165, 1.54) is 0 Å². The van der Waals surface area contributed by atoms with Gasteiger partial charge in [0.25, 0.3) is 0 Å². The highest BCUT2D eigenvalue weighted by molar-refractivity contribution is 7.89. The molecule has 1 N–H and O–H groups in total. The first kappa shape index (κ1) is 21.3. The van der Waals surface area contributed by atoms with Crippen LogP contribution in [0.2, 0.25) is 10.0 Å². The summed E-state index contributed by atoms with van der Waals surface area (Å²) in [6.45, 7) is 1.22. The van der Waals surface area contributed by atoms with Gasteiger partial charge in [-0.25, -0.2) is 8.42 Å². The maximum absolute atomic E-state index is 13.3. The minimum Gasteiger partial charge on any atom is -0.378 e. The fourth-order valence-electron chi connectivity index (χ4n) is 5.26. The van der Waals surface area contributed by atoms with Gasteiger partial charge in [0.15, 0.2) is 0 Å². The number of hydrogen-bond acceptors (Lipinski definition) is 3. The van der Waals surface area contributed by atoms with Gasteiger partial charge in [-0.3, -0.25) is 0 Å². The second-order valence-electron chi connectivity index (χ2n) is 8.68. The van der Waals surface area contributed by atoms with Crippen LogP contribution in [0.5, 0.6) is 0 Å². The van der Waals surface area contributed by atoms with E-state index in [0.717, 1.165) is 48.9 Å². The quantitative estimate of drug-likeness (QED) is 0.522. The summed E-state index contributed by atoms with van der Waals surface area (Å²) in [5.41, 5.74) is 2.90. The Morgan fingerprint density at radius 1 is 0.968 bits per heavy atom. The van der Waals surface area contributed by atoms with Crippen LogP contribution in [-0.2, 0) is 10.0 Å². The molecule has 0 spiro atoms. The Balaban J connectivity index is 1.53. The van der Waals surface area contributed by atoms with Gasteiger partial charge in [-0.1, -0.05) is 54.3 Å². The molecule has 3 atom stereocenters. The molecule has 3 aliphatic rings. The van der Waals surface area contributed by atoms with Gasteiger partial charge in [0.2, 0.25) is 10.0 Å².